The van der Waals surface area contributed by atoms with E-state index in [9.17, 15) is 4.79 Å². The number of fused-ring (bicyclic) bond motifs is 1. The molecule has 142 valence electrons. The van der Waals surface area contributed by atoms with E-state index in [1.54, 1.807) is 6.21 Å². The monoisotopic (exact) mass is 375 g/mol. The van der Waals surface area contributed by atoms with Crippen molar-refractivity contribution in [2.24, 2.45) is 5.10 Å². The Balaban J connectivity index is 1.48. The van der Waals surface area contributed by atoms with Crippen LogP contribution in [-0.4, -0.2) is 23.5 Å². The summed E-state index contributed by atoms with van der Waals surface area (Å²) in [5.74, 6) is 1.36. The van der Waals surface area contributed by atoms with Gasteiger partial charge in [-0.15, -0.1) is 0 Å². The van der Waals surface area contributed by atoms with Crippen molar-refractivity contribution < 1.29 is 14.3 Å². The molecule has 0 radical (unpaired) electrons. The van der Waals surface area contributed by atoms with E-state index < -0.39 is 0 Å². The third kappa shape index (κ3) is 3.62. The number of rotatable bonds is 5. The first-order valence-electron chi connectivity index (χ1n) is 9.06. The number of benzene rings is 2. The summed E-state index contributed by atoms with van der Waals surface area (Å²) in [6.07, 6.45) is 1.98. The van der Waals surface area contributed by atoms with Crippen LogP contribution in [0.2, 0.25) is 0 Å². The van der Waals surface area contributed by atoms with Gasteiger partial charge in [0.15, 0.2) is 11.5 Å². The van der Waals surface area contributed by atoms with E-state index in [1.165, 1.54) is 0 Å². The summed E-state index contributed by atoms with van der Waals surface area (Å²) in [4.78, 5) is 12.0. The number of hydrogen-bond acceptors (Lipinski definition) is 4. The van der Waals surface area contributed by atoms with Crippen molar-refractivity contribution in [2.75, 3.05) is 6.79 Å². The van der Waals surface area contributed by atoms with Gasteiger partial charge in [0.05, 0.1) is 12.6 Å². The summed E-state index contributed by atoms with van der Waals surface area (Å²) >= 11 is 0. The van der Waals surface area contributed by atoms with Gasteiger partial charge in [0.2, 0.25) is 12.7 Å². The molecule has 2 heterocycles. The maximum absolute atomic E-state index is 12.0. The van der Waals surface area contributed by atoms with Gasteiger partial charge in [-0.2, -0.15) is 5.10 Å². The highest BCUT2D eigenvalue weighted by molar-refractivity contribution is 5.84. The van der Waals surface area contributed by atoms with Crippen LogP contribution >= 0.6 is 0 Å². The van der Waals surface area contributed by atoms with E-state index in [-0.39, 0.29) is 12.7 Å². The lowest BCUT2D eigenvalue weighted by Gasteiger charge is -2.10. The zero-order valence-corrected chi connectivity index (χ0v) is 15.8. The molecule has 6 heteroatoms. The molecular weight excluding hydrogens is 354 g/mol. The highest BCUT2D eigenvalue weighted by atomic mass is 16.7. The molecule has 1 amide bonds. The smallest absolute Gasteiger partial charge is 0.244 e. The molecule has 0 fully saturated rings. The van der Waals surface area contributed by atoms with Crippen molar-refractivity contribution in [2.45, 2.75) is 20.3 Å². The van der Waals surface area contributed by atoms with Crippen molar-refractivity contribution in [1.82, 2.24) is 9.99 Å². The number of carbonyl (C=O) groups excluding carboxylic acids is 1. The second kappa shape index (κ2) is 7.60. The zero-order chi connectivity index (χ0) is 19.5. The summed E-state index contributed by atoms with van der Waals surface area (Å²) in [5, 5.41) is 4.12. The summed E-state index contributed by atoms with van der Waals surface area (Å²) in [6.45, 7) is 4.30. The minimum Gasteiger partial charge on any atom is -0.454 e. The summed E-state index contributed by atoms with van der Waals surface area (Å²) in [5.41, 5.74) is 7.57. The van der Waals surface area contributed by atoms with Crippen molar-refractivity contribution in [3.05, 3.63) is 77.1 Å². The summed E-state index contributed by atoms with van der Waals surface area (Å²) in [6, 6.07) is 17.5. The van der Waals surface area contributed by atoms with Crippen LogP contribution in [0.15, 0.2) is 59.7 Å². The molecule has 0 spiro atoms. The second-order valence-electron chi connectivity index (χ2n) is 6.65. The fraction of sp³-hybridized carbons (Fsp3) is 0.182. The molecule has 0 atom stereocenters. The SMILES string of the molecule is Cc1cc(/C=N/NC(=O)Cc2ccccc2)c(C)n1-c1ccc2c(c1)OCO2. The first-order chi connectivity index (χ1) is 13.6. The molecule has 1 N–H and O–H groups in total. The zero-order valence-electron chi connectivity index (χ0n) is 15.8. The largest absolute Gasteiger partial charge is 0.454 e. The van der Waals surface area contributed by atoms with E-state index in [2.05, 4.69) is 15.1 Å². The lowest BCUT2D eigenvalue weighted by molar-refractivity contribution is -0.120. The van der Waals surface area contributed by atoms with Crippen LogP contribution in [0.1, 0.15) is 22.5 Å². The second-order valence-corrected chi connectivity index (χ2v) is 6.65. The maximum atomic E-state index is 12.0. The minimum atomic E-state index is -0.146. The summed E-state index contributed by atoms with van der Waals surface area (Å²) < 4.78 is 13.0. The van der Waals surface area contributed by atoms with Gasteiger partial charge in [-0.05, 0) is 37.6 Å². The van der Waals surface area contributed by atoms with Crippen molar-refractivity contribution >= 4 is 12.1 Å². The van der Waals surface area contributed by atoms with E-state index in [0.29, 0.717) is 6.42 Å². The molecule has 3 aromatic rings. The standard InChI is InChI=1S/C22H21N3O3/c1-15-10-18(13-23-24-22(26)11-17-6-4-3-5-7-17)16(2)25(15)19-8-9-20-21(12-19)28-14-27-20/h3-10,12-13H,11,14H2,1-2H3,(H,24,26)/b23-13+. The molecular formula is C22H21N3O3. The van der Waals surface area contributed by atoms with E-state index in [0.717, 1.165) is 39.7 Å². The molecule has 2 aromatic carbocycles. The molecule has 6 nitrogen and oxygen atoms in total. The van der Waals surface area contributed by atoms with Gasteiger partial charge in [-0.3, -0.25) is 4.79 Å². The molecule has 4 rings (SSSR count). The molecule has 0 saturated heterocycles. The molecule has 28 heavy (non-hydrogen) atoms. The predicted octanol–water partition coefficient (Wildman–Crippen LogP) is 3.52. The Kier molecular flexibility index (Phi) is 4.85. The third-order valence-corrected chi connectivity index (χ3v) is 4.69. The molecule has 1 aromatic heterocycles. The molecule has 0 aliphatic carbocycles. The van der Waals surface area contributed by atoms with Crippen LogP contribution in [-0.2, 0) is 11.2 Å². The van der Waals surface area contributed by atoms with Crippen LogP contribution in [0, 0.1) is 13.8 Å². The molecule has 0 saturated carbocycles. The number of nitrogens with zero attached hydrogens (tertiary/aromatic N) is 2. The van der Waals surface area contributed by atoms with Gasteiger partial charge in [0.1, 0.15) is 0 Å². The highest BCUT2D eigenvalue weighted by Gasteiger charge is 2.16. The summed E-state index contributed by atoms with van der Waals surface area (Å²) in [7, 11) is 0. The number of nitrogens with one attached hydrogen (secondary N) is 1. The van der Waals surface area contributed by atoms with Gasteiger partial charge in [-0.25, -0.2) is 5.43 Å². The number of aromatic nitrogens is 1. The number of hydrogen-bond donors (Lipinski definition) is 1. The minimum absolute atomic E-state index is 0.146. The van der Waals surface area contributed by atoms with Crippen molar-refractivity contribution in [3.8, 4) is 17.2 Å². The van der Waals surface area contributed by atoms with Crippen LogP contribution in [0.3, 0.4) is 0 Å². The molecule has 1 aliphatic heterocycles. The van der Waals surface area contributed by atoms with Crippen molar-refractivity contribution in [3.63, 3.8) is 0 Å². The van der Waals surface area contributed by atoms with Crippen LogP contribution in [0.5, 0.6) is 11.5 Å². The Morgan fingerprint density at radius 3 is 2.71 bits per heavy atom. The Morgan fingerprint density at radius 2 is 1.89 bits per heavy atom. The number of amides is 1. The van der Waals surface area contributed by atoms with Crippen LogP contribution < -0.4 is 14.9 Å². The van der Waals surface area contributed by atoms with E-state index in [1.807, 2.05) is 68.4 Å². The van der Waals surface area contributed by atoms with Gasteiger partial charge in [-0.1, -0.05) is 30.3 Å². The highest BCUT2D eigenvalue weighted by Crippen LogP contribution is 2.34. The van der Waals surface area contributed by atoms with E-state index >= 15 is 0 Å². The van der Waals surface area contributed by atoms with Gasteiger partial charge in [0, 0.05) is 28.7 Å². The maximum Gasteiger partial charge on any atom is 0.244 e. The van der Waals surface area contributed by atoms with Gasteiger partial charge < -0.3 is 14.0 Å². The fourth-order valence-electron chi connectivity index (χ4n) is 3.33. The molecule has 0 bridgehead atoms. The number of ether oxygens (including phenoxy) is 2. The van der Waals surface area contributed by atoms with Gasteiger partial charge in [0.25, 0.3) is 0 Å². The quantitative estimate of drug-likeness (QED) is 0.548. The fourth-order valence-corrected chi connectivity index (χ4v) is 3.33. The predicted molar refractivity (Wildman–Crippen MR) is 107 cm³/mol. The first-order valence-corrected chi connectivity index (χ1v) is 9.06. The average Bonchev–Trinajstić information content (AvgIpc) is 3.26. The third-order valence-electron chi connectivity index (χ3n) is 4.69. The van der Waals surface area contributed by atoms with Gasteiger partial charge >= 0.3 is 0 Å². The van der Waals surface area contributed by atoms with E-state index in [4.69, 9.17) is 9.47 Å². The normalized spacial score (nSPS) is 12.5. The lowest BCUT2D eigenvalue weighted by atomic mass is 10.1. The Bertz CT molecular complexity index is 1040. The molecule has 1 aliphatic rings. The van der Waals surface area contributed by atoms with Crippen LogP contribution in [0.4, 0.5) is 0 Å². The Labute approximate surface area is 163 Å². The molecule has 0 unspecified atom stereocenters. The number of hydrazone groups is 1. The number of carbonyl (C=O) groups is 1. The first kappa shape index (κ1) is 17.9. The number of aryl methyl sites for hydroxylation is 1. The van der Waals surface area contributed by atoms with Crippen LogP contribution in [0.25, 0.3) is 5.69 Å². The average molecular weight is 375 g/mol. The Morgan fingerprint density at radius 1 is 1.11 bits per heavy atom. The van der Waals surface area contributed by atoms with Crippen molar-refractivity contribution in [1.29, 1.82) is 0 Å². The topological polar surface area (TPSA) is 64.9 Å². The Hall–Kier alpha value is -3.54. The lowest BCUT2D eigenvalue weighted by Crippen LogP contribution is -2.19.